The lowest BCUT2D eigenvalue weighted by Crippen LogP contribution is -2.40. The molecule has 0 saturated carbocycles. The minimum atomic E-state index is -1.18. The molecule has 1 aliphatic heterocycles. The number of nitrogens with zero attached hydrogens (tertiary/aromatic N) is 1. The average Bonchev–Trinajstić information content (AvgIpc) is 2.54. The summed E-state index contributed by atoms with van der Waals surface area (Å²) in [6, 6.07) is 6.37. The molecule has 0 aliphatic carbocycles. The third-order valence-corrected chi connectivity index (χ3v) is 5.42. The standard InChI is InChI=1S/C18H30BClN2O2/c1-14-12-17(20)6-5-16(14)13-22-10-7-15(8-11-22)18(21)4-2-3-9-19(23)24/h5-6,12,15,18,23-24H,2-4,7-11,13,21H2,1H3. The van der Waals surface area contributed by atoms with E-state index in [2.05, 4.69) is 17.9 Å². The Morgan fingerprint density at radius 3 is 2.62 bits per heavy atom. The summed E-state index contributed by atoms with van der Waals surface area (Å²) in [5, 5.41) is 18.5. The highest BCUT2D eigenvalue weighted by Crippen LogP contribution is 2.25. The first-order chi connectivity index (χ1) is 11.5. The summed E-state index contributed by atoms with van der Waals surface area (Å²) in [7, 11) is -1.18. The van der Waals surface area contributed by atoms with Crippen molar-refractivity contribution in [2.24, 2.45) is 11.7 Å². The maximum absolute atomic E-state index is 8.86. The van der Waals surface area contributed by atoms with E-state index in [1.165, 1.54) is 11.1 Å². The van der Waals surface area contributed by atoms with Crippen molar-refractivity contribution >= 4 is 18.7 Å². The highest BCUT2D eigenvalue weighted by atomic mass is 35.5. The molecule has 4 N–H and O–H groups in total. The number of halogens is 1. The highest BCUT2D eigenvalue weighted by molar-refractivity contribution is 6.40. The molecule has 1 unspecified atom stereocenters. The minimum absolute atomic E-state index is 0.236. The van der Waals surface area contributed by atoms with Crippen LogP contribution < -0.4 is 5.73 Å². The number of rotatable bonds is 8. The highest BCUT2D eigenvalue weighted by Gasteiger charge is 2.24. The Hall–Kier alpha value is -0.585. The summed E-state index contributed by atoms with van der Waals surface area (Å²) >= 11 is 6.03. The first-order valence-electron chi connectivity index (χ1n) is 9.05. The zero-order chi connectivity index (χ0) is 17.5. The predicted octanol–water partition coefficient (Wildman–Crippen LogP) is 2.83. The van der Waals surface area contributed by atoms with Gasteiger partial charge in [0.25, 0.3) is 0 Å². The van der Waals surface area contributed by atoms with Gasteiger partial charge in [-0.2, -0.15) is 0 Å². The molecular formula is C18H30BClN2O2. The van der Waals surface area contributed by atoms with Crippen molar-refractivity contribution in [3.8, 4) is 0 Å². The Bertz CT molecular complexity index is 508. The van der Waals surface area contributed by atoms with Crippen LogP contribution >= 0.6 is 11.6 Å². The van der Waals surface area contributed by atoms with Crippen LogP contribution in [-0.4, -0.2) is 41.2 Å². The van der Waals surface area contributed by atoms with Gasteiger partial charge >= 0.3 is 7.12 Å². The molecule has 1 aromatic carbocycles. The number of hydrogen-bond acceptors (Lipinski definition) is 4. The van der Waals surface area contributed by atoms with Gasteiger partial charge in [0.05, 0.1) is 0 Å². The van der Waals surface area contributed by atoms with Crippen molar-refractivity contribution in [1.82, 2.24) is 4.90 Å². The number of benzene rings is 1. The Kier molecular flexibility index (Phi) is 8.05. The molecule has 1 saturated heterocycles. The first-order valence-corrected chi connectivity index (χ1v) is 9.42. The van der Waals surface area contributed by atoms with E-state index < -0.39 is 7.12 Å². The topological polar surface area (TPSA) is 69.7 Å². The van der Waals surface area contributed by atoms with E-state index in [0.29, 0.717) is 12.2 Å². The molecule has 1 fully saturated rings. The number of nitrogens with two attached hydrogens (primary N) is 1. The van der Waals surface area contributed by atoms with E-state index >= 15 is 0 Å². The molecular weight excluding hydrogens is 322 g/mol. The molecule has 2 rings (SSSR count). The zero-order valence-electron chi connectivity index (χ0n) is 14.6. The molecule has 0 amide bonds. The van der Waals surface area contributed by atoms with Crippen LogP contribution in [0.25, 0.3) is 0 Å². The summed E-state index contributed by atoms with van der Waals surface area (Å²) in [6.07, 6.45) is 5.54. The molecule has 1 aliphatic rings. The van der Waals surface area contributed by atoms with Crippen LogP contribution in [-0.2, 0) is 6.54 Å². The van der Waals surface area contributed by atoms with Gasteiger partial charge in [-0.25, -0.2) is 0 Å². The molecule has 1 heterocycles. The summed E-state index contributed by atoms with van der Waals surface area (Å²) in [5.74, 6) is 0.589. The summed E-state index contributed by atoms with van der Waals surface area (Å²) in [4.78, 5) is 2.50. The first kappa shape index (κ1) is 19.7. The van der Waals surface area contributed by atoms with Gasteiger partial charge in [0.1, 0.15) is 0 Å². The molecule has 134 valence electrons. The summed E-state index contributed by atoms with van der Waals surface area (Å²) in [5.41, 5.74) is 8.95. The van der Waals surface area contributed by atoms with Gasteiger partial charge in [0, 0.05) is 17.6 Å². The maximum Gasteiger partial charge on any atom is 0.451 e. The normalized spacial score (nSPS) is 17.9. The van der Waals surface area contributed by atoms with Crippen LogP contribution in [0.15, 0.2) is 18.2 Å². The van der Waals surface area contributed by atoms with E-state index in [4.69, 9.17) is 27.4 Å². The van der Waals surface area contributed by atoms with E-state index in [-0.39, 0.29) is 6.04 Å². The fourth-order valence-corrected chi connectivity index (χ4v) is 3.79. The van der Waals surface area contributed by atoms with Gasteiger partial charge in [-0.3, -0.25) is 4.90 Å². The van der Waals surface area contributed by atoms with Crippen molar-refractivity contribution in [3.05, 3.63) is 34.3 Å². The van der Waals surface area contributed by atoms with Gasteiger partial charge in [-0.1, -0.05) is 30.5 Å². The minimum Gasteiger partial charge on any atom is -0.427 e. The van der Waals surface area contributed by atoms with Crippen molar-refractivity contribution in [1.29, 1.82) is 0 Å². The number of likely N-dealkylation sites (tertiary alicyclic amines) is 1. The third-order valence-electron chi connectivity index (χ3n) is 5.19. The van der Waals surface area contributed by atoms with E-state index in [0.717, 1.165) is 56.8 Å². The lowest BCUT2D eigenvalue weighted by atomic mass is 9.82. The maximum atomic E-state index is 8.86. The molecule has 6 heteroatoms. The molecule has 0 spiro atoms. The van der Waals surface area contributed by atoms with Crippen molar-refractivity contribution in [3.63, 3.8) is 0 Å². The number of hydrogen-bond donors (Lipinski definition) is 3. The Balaban J connectivity index is 1.70. The molecule has 24 heavy (non-hydrogen) atoms. The number of aryl methyl sites for hydroxylation is 1. The van der Waals surface area contributed by atoms with Gasteiger partial charge in [-0.15, -0.1) is 0 Å². The molecule has 0 bridgehead atoms. The largest absolute Gasteiger partial charge is 0.451 e. The predicted molar refractivity (Wildman–Crippen MR) is 101 cm³/mol. The van der Waals surface area contributed by atoms with Crippen molar-refractivity contribution in [2.45, 2.75) is 57.9 Å². The van der Waals surface area contributed by atoms with E-state index in [1.54, 1.807) is 0 Å². The molecule has 1 aromatic rings. The fraction of sp³-hybridized carbons (Fsp3) is 0.667. The van der Waals surface area contributed by atoms with Crippen molar-refractivity contribution < 1.29 is 10.0 Å². The van der Waals surface area contributed by atoms with Crippen LogP contribution in [0.5, 0.6) is 0 Å². The molecule has 4 nitrogen and oxygen atoms in total. The second kappa shape index (κ2) is 9.78. The molecule has 0 aromatic heterocycles. The van der Waals surface area contributed by atoms with Gasteiger partial charge in [-0.05, 0) is 74.8 Å². The second-order valence-electron chi connectivity index (χ2n) is 7.11. The zero-order valence-corrected chi connectivity index (χ0v) is 15.4. The summed E-state index contributed by atoms with van der Waals surface area (Å²) in [6.45, 7) is 5.29. The Morgan fingerprint density at radius 2 is 2.00 bits per heavy atom. The SMILES string of the molecule is Cc1cc(Cl)ccc1CN1CCC(C(N)CCCCB(O)O)CC1. The van der Waals surface area contributed by atoms with E-state index in [9.17, 15) is 0 Å². The summed E-state index contributed by atoms with van der Waals surface area (Å²) < 4.78 is 0. The van der Waals surface area contributed by atoms with Crippen LogP contribution in [0.1, 0.15) is 43.2 Å². The Morgan fingerprint density at radius 1 is 1.29 bits per heavy atom. The van der Waals surface area contributed by atoms with Gasteiger partial charge in [0.15, 0.2) is 0 Å². The van der Waals surface area contributed by atoms with Crippen LogP contribution in [0.2, 0.25) is 11.3 Å². The third kappa shape index (κ3) is 6.38. The smallest absolute Gasteiger partial charge is 0.427 e. The average molecular weight is 353 g/mol. The van der Waals surface area contributed by atoms with E-state index in [1.807, 2.05) is 12.1 Å². The second-order valence-corrected chi connectivity index (χ2v) is 7.55. The number of unbranched alkanes of at least 4 members (excludes halogenated alkanes) is 1. The van der Waals surface area contributed by atoms with Gasteiger partial charge < -0.3 is 15.8 Å². The number of piperidine rings is 1. The monoisotopic (exact) mass is 352 g/mol. The van der Waals surface area contributed by atoms with Crippen molar-refractivity contribution in [2.75, 3.05) is 13.1 Å². The lowest BCUT2D eigenvalue weighted by Gasteiger charge is -2.35. The molecule has 0 radical (unpaired) electrons. The fourth-order valence-electron chi connectivity index (χ4n) is 3.56. The van der Waals surface area contributed by atoms with Gasteiger partial charge in [0.2, 0.25) is 0 Å². The lowest BCUT2D eigenvalue weighted by molar-refractivity contribution is 0.159. The Labute approximate surface area is 151 Å². The molecule has 1 atom stereocenters. The quantitative estimate of drug-likeness (QED) is 0.497. The van der Waals surface area contributed by atoms with Crippen LogP contribution in [0.4, 0.5) is 0 Å². The van der Waals surface area contributed by atoms with Crippen LogP contribution in [0, 0.1) is 12.8 Å². The van der Waals surface area contributed by atoms with Crippen LogP contribution in [0.3, 0.4) is 0 Å².